The molecule has 0 atom stereocenters. The second-order valence-electron chi connectivity index (χ2n) is 6.55. The second kappa shape index (κ2) is 8.72. The minimum Gasteiger partial charge on any atom is -0.317 e. The molecule has 3 aromatic rings. The molecular weight excluding hydrogens is 401 g/mol. The van der Waals surface area contributed by atoms with Gasteiger partial charge in [0.2, 0.25) is 5.95 Å². The number of aromatic nitrogens is 5. The van der Waals surface area contributed by atoms with Crippen LogP contribution in [0.25, 0.3) is 5.69 Å². The van der Waals surface area contributed by atoms with Crippen molar-refractivity contribution in [3.63, 3.8) is 0 Å². The summed E-state index contributed by atoms with van der Waals surface area (Å²) in [7, 11) is 1.78. The number of hydrogen-bond donors (Lipinski definition) is 2. The van der Waals surface area contributed by atoms with Crippen molar-refractivity contribution in [1.82, 2.24) is 29.9 Å². The summed E-state index contributed by atoms with van der Waals surface area (Å²) in [5.41, 5.74) is 1.22. The first-order valence-corrected chi connectivity index (χ1v) is 9.21. The molecule has 0 saturated carbocycles. The molecule has 0 unspecified atom stereocenters. The van der Waals surface area contributed by atoms with Gasteiger partial charge >= 0.3 is 0 Å². The number of nitrogens with zero attached hydrogens (tertiary/aromatic N) is 5. The average Bonchev–Trinajstić information content (AvgIpc) is 3.30. The third-order valence-corrected chi connectivity index (χ3v) is 4.86. The van der Waals surface area contributed by atoms with Crippen molar-refractivity contribution >= 4 is 35.9 Å². The SMILES string of the molecule is Cl.Cn1nc(C2CCNCC2)nc1NC(=O)c1cnn(-c2cccc(Cl)c2)c1. The number of benzene rings is 1. The smallest absolute Gasteiger partial charge is 0.261 e. The van der Waals surface area contributed by atoms with Crippen molar-refractivity contribution in [2.75, 3.05) is 18.4 Å². The molecule has 1 amide bonds. The van der Waals surface area contributed by atoms with Crippen molar-refractivity contribution in [2.45, 2.75) is 18.8 Å². The van der Waals surface area contributed by atoms with Crippen LogP contribution in [0.4, 0.5) is 5.95 Å². The summed E-state index contributed by atoms with van der Waals surface area (Å²) in [6.45, 7) is 1.93. The van der Waals surface area contributed by atoms with Crippen molar-refractivity contribution in [3.05, 3.63) is 53.1 Å². The molecular formula is C18H21Cl2N7O. The minimum atomic E-state index is -0.282. The summed E-state index contributed by atoms with van der Waals surface area (Å²) in [5.74, 6) is 1.26. The lowest BCUT2D eigenvalue weighted by Crippen LogP contribution is -2.27. The summed E-state index contributed by atoms with van der Waals surface area (Å²) in [6.07, 6.45) is 5.18. The Hall–Kier alpha value is -2.42. The molecule has 0 radical (unpaired) electrons. The van der Waals surface area contributed by atoms with Crippen LogP contribution in [0.5, 0.6) is 0 Å². The number of nitrogens with one attached hydrogen (secondary N) is 2. The molecule has 0 aliphatic carbocycles. The first-order valence-electron chi connectivity index (χ1n) is 8.84. The van der Waals surface area contributed by atoms with Gasteiger partial charge in [-0.3, -0.25) is 10.1 Å². The molecule has 1 aliphatic heterocycles. The van der Waals surface area contributed by atoms with Crippen LogP contribution in [0.1, 0.15) is 34.9 Å². The van der Waals surface area contributed by atoms with Gasteiger partial charge in [-0.2, -0.15) is 15.2 Å². The molecule has 148 valence electrons. The van der Waals surface area contributed by atoms with Crippen LogP contribution in [0, 0.1) is 0 Å². The van der Waals surface area contributed by atoms with E-state index in [1.807, 2.05) is 12.1 Å². The van der Waals surface area contributed by atoms with Gasteiger partial charge in [-0.05, 0) is 44.1 Å². The number of rotatable bonds is 4. The molecule has 3 heterocycles. The summed E-state index contributed by atoms with van der Waals surface area (Å²) >= 11 is 6.01. The molecule has 8 nitrogen and oxygen atoms in total. The number of carbonyl (C=O) groups is 1. The highest BCUT2D eigenvalue weighted by Gasteiger charge is 2.21. The van der Waals surface area contributed by atoms with Gasteiger partial charge in [-0.25, -0.2) is 9.36 Å². The molecule has 1 fully saturated rings. The van der Waals surface area contributed by atoms with E-state index in [4.69, 9.17) is 11.6 Å². The summed E-state index contributed by atoms with van der Waals surface area (Å²) in [5, 5.41) is 15.5. The molecule has 1 saturated heterocycles. The highest BCUT2D eigenvalue weighted by molar-refractivity contribution is 6.30. The first-order chi connectivity index (χ1) is 13.1. The fourth-order valence-corrected chi connectivity index (χ4v) is 3.32. The lowest BCUT2D eigenvalue weighted by molar-refractivity contribution is 0.102. The van der Waals surface area contributed by atoms with Crippen molar-refractivity contribution in [3.8, 4) is 5.69 Å². The van der Waals surface area contributed by atoms with Crippen LogP contribution in [0.2, 0.25) is 5.02 Å². The van der Waals surface area contributed by atoms with E-state index in [-0.39, 0.29) is 18.3 Å². The largest absolute Gasteiger partial charge is 0.317 e. The zero-order valence-electron chi connectivity index (χ0n) is 15.3. The third-order valence-electron chi connectivity index (χ3n) is 4.63. The van der Waals surface area contributed by atoms with Gasteiger partial charge in [-0.15, -0.1) is 12.4 Å². The van der Waals surface area contributed by atoms with Crippen LogP contribution in [-0.2, 0) is 7.05 Å². The maximum absolute atomic E-state index is 12.6. The Morgan fingerprint density at radius 3 is 2.86 bits per heavy atom. The van der Waals surface area contributed by atoms with Gasteiger partial charge in [-0.1, -0.05) is 17.7 Å². The second-order valence-corrected chi connectivity index (χ2v) is 6.99. The third kappa shape index (κ3) is 4.35. The van der Waals surface area contributed by atoms with Crippen LogP contribution in [0.15, 0.2) is 36.7 Å². The van der Waals surface area contributed by atoms with Crippen molar-refractivity contribution in [1.29, 1.82) is 0 Å². The van der Waals surface area contributed by atoms with E-state index in [1.54, 1.807) is 34.7 Å². The molecule has 0 spiro atoms. The number of piperidine rings is 1. The van der Waals surface area contributed by atoms with E-state index < -0.39 is 0 Å². The maximum atomic E-state index is 12.6. The molecule has 4 rings (SSSR count). The van der Waals surface area contributed by atoms with Gasteiger partial charge in [0.1, 0.15) is 0 Å². The lowest BCUT2D eigenvalue weighted by Gasteiger charge is -2.19. The number of carbonyl (C=O) groups excluding carboxylic acids is 1. The summed E-state index contributed by atoms with van der Waals surface area (Å²) in [6, 6.07) is 7.27. The zero-order valence-corrected chi connectivity index (χ0v) is 16.9. The van der Waals surface area contributed by atoms with E-state index in [1.165, 1.54) is 6.20 Å². The van der Waals surface area contributed by atoms with E-state index >= 15 is 0 Å². The Kier molecular flexibility index (Phi) is 6.33. The van der Waals surface area contributed by atoms with Crippen LogP contribution in [-0.4, -0.2) is 43.5 Å². The van der Waals surface area contributed by atoms with Gasteiger partial charge < -0.3 is 5.32 Å². The predicted molar refractivity (Wildman–Crippen MR) is 110 cm³/mol. The molecule has 1 aromatic carbocycles. The fraction of sp³-hybridized carbons (Fsp3) is 0.333. The summed E-state index contributed by atoms with van der Waals surface area (Å²) < 4.78 is 3.22. The molecule has 1 aliphatic rings. The Balaban J connectivity index is 0.00000225. The molecule has 2 aromatic heterocycles. The molecule has 10 heteroatoms. The normalized spacial score (nSPS) is 14.5. The minimum absolute atomic E-state index is 0. The van der Waals surface area contributed by atoms with E-state index in [0.717, 1.165) is 37.4 Å². The Morgan fingerprint density at radius 2 is 2.11 bits per heavy atom. The van der Waals surface area contributed by atoms with Crippen molar-refractivity contribution in [2.24, 2.45) is 7.05 Å². The van der Waals surface area contributed by atoms with Crippen LogP contribution >= 0.6 is 24.0 Å². The Labute approximate surface area is 173 Å². The number of aryl methyl sites for hydroxylation is 1. The molecule has 2 N–H and O–H groups in total. The lowest BCUT2D eigenvalue weighted by atomic mass is 9.98. The number of anilines is 1. The van der Waals surface area contributed by atoms with Crippen molar-refractivity contribution < 1.29 is 4.79 Å². The Morgan fingerprint density at radius 1 is 1.32 bits per heavy atom. The van der Waals surface area contributed by atoms with Crippen LogP contribution < -0.4 is 10.6 Å². The first kappa shape index (κ1) is 20.3. The van der Waals surface area contributed by atoms with E-state index in [0.29, 0.717) is 22.5 Å². The predicted octanol–water partition coefficient (Wildman–Crippen LogP) is 2.80. The average molecular weight is 422 g/mol. The monoisotopic (exact) mass is 421 g/mol. The number of hydrogen-bond acceptors (Lipinski definition) is 5. The van der Waals surface area contributed by atoms with Gasteiger partial charge in [0, 0.05) is 24.2 Å². The summed E-state index contributed by atoms with van der Waals surface area (Å²) in [4.78, 5) is 17.1. The number of halogens is 2. The highest BCUT2D eigenvalue weighted by atomic mass is 35.5. The van der Waals surface area contributed by atoms with Gasteiger partial charge in [0.15, 0.2) is 5.82 Å². The highest BCUT2D eigenvalue weighted by Crippen LogP contribution is 2.23. The molecule has 0 bridgehead atoms. The van der Waals surface area contributed by atoms with Crippen LogP contribution in [0.3, 0.4) is 0 Å². The molecule has 28 heavy (non-hydrogen) atoms. The van der Waals surface area contributed by atoms with E-state index in [9.17, 15) is 4.79 Å². The van der Waals surface area contributed by atoms with E-state index in [2.05, 4.69) is 25.8 Å². The zero-order chi connectivity index (χ0) is 18.8. The van der Waals surface area contributed by atoms with Gasteiger partial charge in [0.05, 0.1) is 17.4 Å². The van der Waals surface area contributed by atoms with Gasteiger partial charge in [0.25, 0.3) is 5.91 Å². The topological polar surface area (TPSA) is 89.7 Å². The fourth-order valence-electron chi connectivity index (χ4n) is 3.14. The maximum Gasteiger partial charge on any atom is 0.261 e. The quantitative estimate of drug-likeness (QED) is 0.675. The standard InChI is InChI=1S/C18H20ClN7O.ClH/c1-25-18(22-16(24-25)12-5-7-20-8-6-12)23-17(27)13-10-21-26(11-13)15-4-2-3-14(19)9-15;/h2-4,9-12,20H,5-8H2,1H3,(H,22,23,24,27);1H. The Bertz CT molecular complexity index is 963. The number of amides is 1.